The third-order valence-electron chi connectivity index (χ3n) is 4.44. The van der Waals surface area contributed by atoms with Gasteiger partial charge in [0.25, 0.3) is 0 Å². The van der Waals surface area contributed by atoms with Gasteiger partial charge in [-0.05, 0) is 49.7 Å². The number of anilines is 1. The van der Waals surface area contributed by atoms with E-state index in [9.17, 15) is 5.11 Å². The quantitative estimate of drug-likeness (QED) is 0.782. The summed E-state index contributed by atoms with van der Waals surface area (Å²) >= 11 is 0. The van der Waals surface area contributed by atoms with Crippen molar-refractivity contribution in [1.82, 2.24) is 5.32 Å². The molecule has 1 saturated carbocycles. The average Bonchev–Trinajstić information content (AvgIpc) is 2.47. The topological polar surface area (TPSA) is 44.3 Å². The molecule has 1 heterocycles. The van der Waals surface area contributed by atoms with Gasteiger partial charge in [0, 0.05) is 24.8 Å². The molecule has 1 aliphatic heterocycles. The van der Waals surface area contributed by atoms with Crippen LogP contribution in [0.1, 0.15) is 43.2 Å². The zero-order chi connectivity index (χ0) is 13.1. The Kier molecular flexibility index (Phi) is 4.04. The minimum atomic E-state index is -0.0656. The Hall–Kier alpha value is -1.06. The summed E-state index contributed by atoms with van der Waals surface area (Å²) in [5.74, 6) is 0. The fourth-order valence-corrected chi connectivity index (χ4v) is 3.26. The van der Waals surface area contributed by atoms with Crippen LogP contribution in [-0.2, 0) is 13.0 Å². The maximum Gasteiger partial charge on any atom is 0.0541 e. The normalized spacial score (nSPS) is 26.6. The van der Waals surface area contributed by atoms with Crippen molar-refractivity contribution in [3.63, 3.8) is 0 Å². The molecule has 2 aliphatic rings. The van der Waals surface area contributed by atoms with Crippen molar-refractivity contribution in [3.8, 4) is 0 Å². The number of nitrogens with one attached hydrogen (secondary N) is 2. The monoisotopic (exact) mass is 260 g/mol. The van der Waals surface area contributed by atoms with Gasteiger partial charge in [-0.2, -0.15) is 0 Å². The Balaban J connectivity index is 1.61. The molecule has 1 aromatic carbocycles. The van der Waals surface area contributed by atoms with Crippen LogP contribution in [0.4, 0.5) is 5.69 Å². The van der Waals surface area contributed by atoms with E-state index in [0.29, 0.717) is 6.04 Å². The second kappa shape index (κ2) is 5.93. The predicted molar refractivity (Wildman–Crippen MR) is 78.4 cm³/mol. The molecule has 1 aliphatic carbocycles. The molecule has 3 heteroatoms. The molecule has 0 saturated heterocycles. The van der Waals surface area contributed by atoms with Gasteiger partial charge in [0.05, 0.1) is 6.10 Å². The van der Waals surface area contributed by atoms with Crippen molar-refractivity contribution in [1.29, 1.82) is 0 Å². The first-order valence-corrected chi connectivity index (χ1v) is 7.59. The predicted octanol–water partition coefficient (Wildman–Crippen LogP) is 2.44. The van der Waals surface area contributed by atoms with E-state index < -0.39 is 0 Å². The molecule has 3 nitrogen and oxygen atoms in total. The summed E-state index contributed by atoms with van der Waals surface area (Å²) in [5.41, 5.74) is 4.21. The molecule has 3 N–H and O–H groups in total. The van der Waals surface area contributed by atoms with E-state index in [0.717, 1.165) is 38.8 Å². The van der Waals surface area contributed by atoms with Crippen LogP contribution in [0.5, 0.6) is 0 Å². The molecule has 1 fully saturated rings. The van der Waals surface area contributed by atoms with Gasteiger partial charge in [-0.1, -0.05) is 18.2 Å². The van der Waals surface area contributed by atoms with Crippen LogP contribution in [0.25, 0.3) is 0 Å². The molecule has 0 amide bonds. The van der Waals surface area contributed by atoms with Gasteiger partial charge in [-0.25, -0.2) is 0 Å². The number of rotatable bonds is 3. The van der Waals surface area contributed by atoms with E-state index in [1.54, 1.807) is 0 Å². The van der Waals surface area contributed by atoms with Crippen LogP contribution in [0.2, 0.25) is 0 Å². The van der Waals surface area contributed by atoms with Gasteiger partial charge in [-0.15, -0.1) is 0 Å². The van der Waals surface area contributed by atoms with Gasteiger partial charge >= 0.3 is 0 Å². The fourth-order valence-electron chi connectivity index (χ4n) is 3.26. The van der Waals surface area contributed by atoms with Crippen LogP contribution in [0, 0.1) is 0 Å². The van der Waals surface area contributed by atoms with Crippen molar-refractivity contribution in [2.24, 2.45) is 0 Å². The number of benzene rings is 1. The first-order valence-electron chi connectivity index (χ1n) is 7.59. The van der Waals surface area contributed by atoms with Crippen molar-refractivity contribution in [2.45, 2.75) is 57.2 Å². The highest BCUT2D eigenvalue weighted by Gasteiger charge is 2.19. The van der Waals surface area contributed by atoms with Gasteiger partial charge in [-0.3, -0.25) is 0 Å². The molecular formula is C16H24N2O. The number of aliphatic hydroxyl groups excluding tert-OH is 1. The summed E-state index contributed by atoms with van der Waals surface area (Å²) in [7, 11) is 0. The Morgan fingerprint density at radius 1 is 1.21 bits per heavy atom. The highest BCUT2D eigenvalue weighted by atomic mass is 16.3. The molecule has 104 valence electrons. The average molecular weight is 260 g/mol. The van der Waals surface area contributed by atoms with E-state index in [1.165, 1.54) is 29.7 Å². The molecule has 0 radical (unpaired) electrons. The summed E-state index contributed by atoms with van der Waals surface area (Å²) in [6.07, 6.45) is 6.47. The van der Waals surface area contributed by atoms with E-state index in [2.05, 4.69) is 28.8 Å². The summed E-state index contributed by atoms with van der Waals surface area (Å²) in [5, 5.41) is 16.7. The smallest absolute Gasteiger partial charge is 0.0541 e. The first-order chi connectivity index (χ1) is 9.33. The lowest BCUT2D eigenvalue weighted by atomic mass is 9.92. The van der Waals surface area contributed by atoms with Gasteiger partial charge in [0.15, 0.2) is 0 Å². The van der Waals surface area contributed by atoms with Crippen LogP contribution >= 0.6 is 0 Å². The third-order valence-corrected chi connectivity index (χ3v) is 4.44. The molecular weight excluding hydrogens is 236 g/mol. The minimum Gasteiger partial charge on any atom is -0.393 e. The van der Waals surface area contributed by atoms with Crippen molar-refractivity contribution in [3.05, 3.63) is 29.3 Å². The zero-order valence-corrected chi connectivity index (χ0v) is 11.5. The largest absolute Gasteiger partial charge is 0.393 e. The molecule has 0 unspecified atom stereocenters. The highest BCUT2D eigenvalue weighted by molar-refractivity contribution is 5.59. The molecule has 1 aromatic rings. The lowest BCUT2D eigenvalue weighted by Gasteiger charge is -2.27. The van der Waals surface area contributed by atoms with Gasteiger partial charge in [0.1, 0.15) is 0 Å². The van der Waals surface area contributed by atoms with Gasteiger partial charge in [0.2, 0.25) is 0 Å². The number of aliphatic hydroxyl groups is 1. The standard InChI is InChI=1S/C16H24N2O/c19-15-8-6-14(7-9-15)18-11-13-4-1-3-12-5-2-10-17-16(12)13/h1,3-4,14-15,17-19H,2,5-11H2. The van der Waals surface area contributed by atoms with Crippen LogP contribution in [-0.4, -0.2) is 23.8 Å². The summed E-state index contributed by atoms with van der Waals surface area (Å²) in [4.78, 5) is 0. The van der Waals surface area contributed by atoms with E-state index in [1.807, 2.05) is 0 Å². The lowest BCUT2D eigenvalue weighted by molar-refractivity contribution is 0.116. The summed E-state index contributed by atoms with van der Waals surface area (Å²) in [6.45, 7) is 2.04. The first kappa shape index (κ1) is 12.9. The zero-order valence-electron chi connectivity index (χ0n) is 11.5. The molecule has 19 heavy (non-hydrogen) atoms. The maximum absolute atomic E-state index is 9.53. The minimum absolute atomic E-state index is 0.0656. The number of fused-ring (bicyclic) bond motifs is 1. The number of hydrogen-bond acceptors (Lipinski definition) is 3. The summed E-state index contributed by atoms with van der Waals surface area (Å²) < 4.78 is 0. The number of aryl methyl sites for hydroxylation is 1. The molecule has 0 aromatic heterocycles. The van der Waals surface area contributed by atoms with Crippen molar-refractivity contribution >= 4 is 5.69 Å². The Bertz CT molecular complexity index is 425. The van der Waals surface area contributed by atoms with Crippen LogP contribution in [0.15, 0.2) is 18.2 Å². The fraction of sp³-hybridized carbons (Fsp3) is 0.625. The molecule has 0 spiro atoms. The second-order valence-corrected chi connectivity index (χ2v) is 5.87. The number of hydrogen-bond donors (Lipinski definition) is 3. The molecule has 0 bridgehead atoms. The molecule has 0 atom stereocenters. The molecule has 3 rings (SSSR count). The van der Waals surface area contributed by atoms with E-state index in [-0.39, 0.29) is 6.10 Å². The second-order valence-electron chi connectivity index (χ2n) is 5.87. The van der Waals surface area contributed by atoms with E-state index >= 15 is 0 Å². The van der Waals surface area contributed by atoms with Crippen molar-refractivity contribution < 1.29 is 5.11 Å². The Labute approximate surface area is 115 Å². The van der Waals surface area contributed by atoms with Crippen LogP contribution in [0.3, 0.4) is 0 Å². The van der Waals surface area contributed by atoms with Crippen LogP contribution < -0.4 is 10.6 Å². The lowest BCUT2D eigenvalue weighted by Crippen LogP contribution is -2.34. The SMILES string of the molecule is OC1CCC(NCc2cccc3c2NCCC3)CC1. The maximum atomic E-state index is 9.53. The Morgan fingerprint density at radius 3 is 2.89 bits per heavy atom. The van der Waals surface area contributed by atoms with Crippen molar-refractivity contribution in [2.75, 3.05) is 11.9 Å². The highest BCUT2D eigenvalue weighted by Crippen LogP contribution is 2.26. The Morgan fingerprint density at radius 2 is 2.05 bits per heavy atom. The van der Waals surface area contributed by atoms with E-state index in [4.69, 9.17) is 0 Å². The van der Waals surface area contributed by atoms with Gasteiger partial charge < -0.3 is 15.7 Å². The third kappa shape index (κ3) is 3.10. The number of para-hydroxylation sites is 1. The summed E-state index contributed by atoms with van der Waals surface area (Å²) in [6, 6.07) is 7.21.